The smallest absolute Gasteiger partial charge is 0.00174 e. The van der Waals surface area contributed by atoms with Crippen LogP contribution in [-0.2, 0) is 0 Å². The molecule has 2 aliphatic rings. The van der Waals surface area contributed by atoms with E-state index < -0.39 is 0 Å². The number of hydrogen-bond donors (Lipinski definition) is 0. The van der Waals surface area contributed by atoms with Crippen molar-refractivity contribution in [1.29, 1.82) is 0 Å². The quantitative estimate of drug-likeness (QED) is 0.431. The number of allylic oxidation sites excluding steroid dienone is 4. The summed E-state index contributed by atoms with van der Waals surface area (Å²) in [6, 6.07) is 0. The van der Waals surface area contributed by atoms with E-state index in [-0.39, 0.29) is 0 Å². The van der Waals surface area contributed by atoms with Gasteiger partial charge < -0.3 is 0 Å². The van der Waals surface area contributed by atoms with Gasteiger partial charge in [0.05, 0.1) is 0 Å². The molecule has 0 radical (unpaired) electrons. The number of hydrogen-bond acceptors (Lipinski definition) is 0. The van der Waals surface area contributed by atoms with Crippen LogP contribution in [0.5, 0.6) is 0 Å². The molecule has 2 bridgehead atoms. The largest absolute Gasteiger partial charge is 0.0878 e. The second kappa shape index (κ2) is 1.73. The molecule has 0 aromatic carbocycles. The standard InChI is InChI=1S/C9H12/c1-2-8-5-7-3-4-9(8)6-7/h2-4,7,9H,5-6H2,1H3/b8-2-/t7-,9+/m1/s1. The molecular weight excluding hydrogens is 108 g/mol. The Bertz CT molecular complexity index is 174. The minimum absolute atomic E-state index is 0.833. The van der Waals surface area contributed by atoms with Gasteiger partial charge in [-0.1, -0.05) is 23.8 Å². The first kappa shape index (κ1) is 5.28. The second-order valence-corrected chi connectivity index (χ2v) is 3.05. The van der Waals surface area contributed by atoms with Crippen LogP contribution >= 0.6 is 0 Å². The van der Waals surface area contributed by atoms with Crippen molar-refractivity contribution in [2.45, 2.75) is 19.8 Å². The van der Waals surface area contributed by atoms with Gasteiger partial charge in [-0.15, -0.1) is 0 Å². The Kier molecular flexibility index (Phi) is 1.01. The first-order chi connectivity index (χ1) is 4.40. The Morgan fingerprint density at radius 3 is 2.78 bits per heavy atom. The fourth-order valence-electron chi connectivity index (χ4n) is 1.99. The highest BCUT2D eigenvalue weighted by molar-refractivity contribution is 5.26. The van der Waals surface area contributed by atoms with Crippen molar-refractivity contribution in [1.82, 2.24) is 0 Å². The molecule has 9 heavy (non-hydrogen) atoms. The van der Waals surface area contributed by atoms with Crippen LogP contribution in [0.3, 0.4) is 0 Å². The van der Waals surface area contributed by atoms with Crippen molar-refractivity contribution in [2.75, 3.05) is 0 Å². The summed E-state index contributed by atoms with van der Waals surface area (Å²) in [6.07, 6.45) is 9.77. The molecule has 0 heterocycles. The minimum atomic E-state index is 0.833. The zero-order valence-corrected chi connectivity index (χ0v) is 5.80. The van der Waals surface area contributed by atoms with E-state index in [2.05, 4.69) is 25.2 Å². The summed E-state index contributed by atoms with van der Waals surface area (Å²) in [6.45, 7) is 2.16. The van der Waals surface area contributed by atoms with E-state index in [1.807, 2.05) is 0 Å². The lowest BCUT2D eigenvalue weighted by Crippen LogP contribution is -1.90. The van der Waals surface area contributed by atoms with Gasteiger partial charge in [-0.25, -0.2) is 0 Å². The van der Waals surface area contributed by atoms with E-state index >= 15 is 0 Å². The molecule has 0 heteroatoms. The fourth-order valence-corrected chi connectivity index (χ4v) is 1.99. The maximum atomic E-state index is 2.37. The Morgan fingerprint density at radius 2 is 2.44 bits per heavy atom. The van der Waals surface area contributed by atoms with E-state index in [0.717, 1.165) is 11.8 Å². The Morgan fingerprint density at radius 1 is 1.56 bits per heavy atom. The van der Waals surface area contributed by atoms with Crippen molar-refractivity contribution in [3.63, 3.8) is 0 Å². The number of rotatable bonds is 0. The van der Waals surface area contributed by atoms with Crippen LogP contribution in [0.2, 0.25) is 0 Å². The SMILES string of the molecule is C/C=C1/C[C@H]2C=C[C@H]1C2. The van der Waals surface area contributed by atoms with E-state index in [4.69, 9.17) is 0 Å². The molecule has 1 saturated carbocycles. The summed E-state index contributed by atoms with van der Waals surface area (Å²) in [7, 11) is 0. The van der Waals surface area contributed by atoms with Gasteiger partial charge in [0, 0.05) is 0 Å². The van der Waals surface area contributed by atoms with Crippen molar-refractivity contribution in [3.05, 3.63) is 23.8 Å². The molecule has 0 saturated heterocycles. The van der Waals surface area contributed by atoms with Crippen molar-refractivity contribution >= 4 is 0 Å². The van der Waals surface area contributed by atoms with Gasteiger partial charge in [0.2, 0.25) is 0 Å². The predicted octanol–water partition coefficient (Wildman–Crippen LogP) is 2.53. The van der Waals surface area contributed by atoms with Crippen LogP contribution < -0.4 is 0 Å². The molecule has 0 aromatic rings. The Hall–Kier alpha value is -0.520. The first-order valence-electron chi connectivity index (χ1n) is 3.73. The highest BCUT2D eigenvalue weighted by Crippen LogP contribution is 2.42. The third-order valence-corrected chi connectivity index (χ3v) is 2.52. The highest BCUT2D eigenvalue weighted by atomic mass is 14.3. The third kappa shape index (κ3) is 0.658. The summed E-state index contributed by atoms with van der Waals surface area (Å²) in [5, 5.41) is 0. The van der Waals surface area contributed by atoms with Gasteiger partial charge >= 0.3 is 0 Å². The Balaban J connectivity index is 2.29. The number of fused-ring (bicyclic) bond motifs is 2. The van der Waals surface area contributed by atoms with E-state index in [1.54, 1.807) is 5.57 Å². The molecule has 0 amide bonds. The van der Waals surface area contributed by atoms with E-state index in [1.165, 1.54) is 12.8 Å². The zero-order valence-electron chi connectivity index (χ0n) is 5.80. The molecule has 0 nitrogen and oxygen atoms in total. The van der Waals surface area contributed by atoms with Crippen LogP contribution in [-0.4, -0.2) is 0 Å². The zero-order chi connectivity index (χ0) is 6.27. The molecule has 1 fully saturated rings. The lowest BCUT2D eigenvalue weighted by molar-refractivity contribution is 0.693. The van der Waals surface area contributed by atoms with Gasteiger partial charge in [0.15, 0.2) is 0 Å². The summed E-state index contributed by atoms with van der Waals surface area (Å²) >= 11 is 0. The summed E-state index contributed by atoms with van der Waals surface area (Å²) in [4.78, 5) is 0. The van der Waals surface area contributed by atoms with Crippen LogP contribution in [0.25, 0.3) is 0 Å². The summed E-state index contributed by atoms with van der Waals surface area (Å²) in [5.41, 5.74) is 1.67. The van der Waals surface area contributed by atoms with Crippen molar-refractivity contribution in [2.24, 2.45) is 11.8 Å². The van der Waals surface area contributed by atoms with Crippen molar-refractivity contribution < 1.29 is 0 Å². The average molecular weight is 120 g/mol. The molecule has 0 spiro atoms. The maximum absolute atomic E-state index is 2.37. The molecule has 0 aromatic heterocycles. The maximum Gasteiger partial charge on any atom is -0.00174 e. The summed E-state index contributed by atoms with van der Waals surface area (Å²) in [5.74, 6) is 1.74. The van der Waals surface area contributed by atoms with Crippen molar-refractivity contribution in [3.8, 4) is 0 Å². The average Bonchev–Trinajstić information content (AvgIpc) is 2.45. The topological polar surface area (TPSA) is 0 Å². The van der Waals surface area contributed by atoms with Gasteiger partial charge in [-0.3, -0.25) is 0 Å². The molecule has 2 atom stereocenters. The molecule has 0 N–H and O–H groups in total. The lowest BCUT2D eigenvalue weighted by atomic mass is 10.0. The van der Waals surface area contributed by atoms with Gasteiger partial charge in [0.1, 0.15) is 0 Å². The molecule has 48 valence electrons. The Labute approximate surface area is 56.3 Å². The van der Waals surface area contributed by atoms with Crippen LogP contribution in [0.15, 0.2) is 23.8 Å². The minimum Gasteiger partial charge on any atom is -0.0878 e. The highest BCUT2D eigenvalue weighted by Gasteiger charge is 2.29. The van der Waals surface area contributed by atoms with Crippen LogP contribution in [0, 0.1) is 11.8 Å². The van der Waals surface area contributed by atoms with Gasteiger partial charge in [0.25, 0.3) is 0 Å². The van der Waals surface area contributed by atoms with Crippen LogP contribution in [0.4, 0.5) is 0 Å². The molecule has 0 aliphatic heterocycles. The van der Waals surface area contributed by atoms with Crippen LogP contribution in [0.1, 0.15) is 19.8 Å². The summed E-state index contributed by atoms with van der Waals surface area (Å²) < 4.78 is 0. The molecule has 0 unspecified atom stereocenters. The first-order valence-corrected chi connectivity index (χ1v) is 3.73. The van der Waals surface area contributed by atoms with Gasteiger partial charge in [-0.2, -0.15) is 0 Å². The monoisotopic (exact) mass is 120 g/mol. The normalized spacial score (nSPS) is 43.0. The van der Waals surface area contributed by atoms with E-state index in [0.29, 0.717) is 0 Å². The molecule has 2 aliphatic carbocycles. The van der Waals surface area contributed by atoms with E-state index in [9.17, 15) is 0 Å². The molecular formula is C9H12. The molecule has 2 rings (SSSR count). The second-order valence-electron chi connectivity index (χ2n) is 3.05. The van der Waals surface area contributed by atoms with Gasteiger partial charge in [-0.05, 0) is 31.6 Å². The third-order valence-electron chi connectivity index (χ3n) is 2.52. The lowest BCUT2D eigenvalue weighted by Gasteiger charge is -2.05. The fraction of sp³-hybridized carbons (Fsp3) is 0.556. The predicted molar refractivity (Wildman–Crippen MR) is 39.1 cm³/mol.